The average molecular weight is 674 g/mol. The summed E-state index contributed by atoms with van der Waals surface area (Å²) in [7, 11) is 0. The lowest BCUT2D eigenvalue weighted by molar-refractivity contribution is -0.123. The van der Waals surface area contributed by atoms with Crippen LogP contribution < -0.4 is 22.1 Å². The number of hydrogen-bond acceptors (Lipinski definition) is 5. The number of benzene rings is 4. The minimum absolute atomic E-state index is 0.0431. The van der Waals surface area contributed by atoms with E-state index in [0.29, 0.717) is 37.1 Å². The number of pyridine rings is 1. The summed E-state index contributed by atoms with van der Waals surface area (Å²) in [6, 6.07) is 28.7. The summed E-state index contributed by atoms with van der Waals surface area (Å²) in [5.74, 6) is -1.49. The summed E-state index contributed by atoms with van der Waals surface area (Å²) in [6.45, 7) is 2.76. The van der Waals surface area contributed by atoms with Gasteiger partial charge in [-0.2, -0.15) is 0 Å². The van der Waals surface area contributed by atoms with Crippen molar-refractivity contribution in [1.82, 2.24) is 20.5 Å². The van der Waals surface area contributed by atoms with Crippen LogP contribution >= 0.6 is 0 Å². The van der Waals surface area contributed by atoms with E-state index in [1.54, 1.807) is 41.6 Å². The van der Waals surface area contributed by atoms with Gasteiger partial charge in [-0.3, -0.25) is 24.4 Å². The average Bonchev–Trinajstić information content (AvgIpc) is 3.12. The Morgan fingerprint density at radius 2 is 1.44 bits per heavy atom. The molecular weight excluding hydrogens is 633 g/mol. The summed E-state index contributed by atoms with van der Waals surface area (Å²) in [4.78, 5) is 50.2. The number of nitrogens with zero attached hydrogens (tertiary/aromatic N) is 3. The van der Waals surface area contributed by atoms with E-state index < -0.39 is 17.8 Å². The number of nitrogens with two attached hydrogens (primary N) is 2. The molecule has 0 radical (unpaired) electrons. The summed E-state index contributed by atoms with van der Waals surface area (Å²) < 4.78 is 13.6. The van der Waals surface area contributed by atoms with Crippen molar-refractivity contribution in [3.05, 3.63) is 149 Å². The molecule has 2 atom stereocenters. The number of aromatic nitrogens is 1. The number of rotatable bonds is 14. The molecule has 1 aromatic heterocycles. The second-order valence-corrected chi connectivity index (χ2v) is 12.0. The highest BCUT2D eigenvalue weighted by Crippen LogP contribution is 2.24. The standard InChI is InChI=1S/C39H40FN7O3/c1-26(33-9-4-7-29-6-2-3-8-34(29)33)45-37(49)35(10-5-21-44-39(41)42)46-36(48)30-13-11-27(12-14-30)24-47(25-28-19-22-43-23-20-28)38(50)31-15-17-32(40)18-16-31/h2-4,6-9,11-20,22-23,26,35H,5,10,21,24-25H2,1H3,(H,45,49)(H,46,48)(H4,41,42,44)/t26-,35-/m0/s1. The van der Waals surface area contributed by atoms with Gasteiger partial charge in [0.15, 0.2) is 5.96 Å². The number of aliphatic imine (C=N–C) groups is 1. The smallest absolute Gasteiger partial charge is 0.254 e. The molecule has 256 valence electrons. The lowest BCUT2D eigenvalue weighted by Gasteiger charge is -2.24. The van der Waals surface area contributed by atoms with Crippen molar-refractivity contribution in [2.45, 2.75) is 44.9 Å². The summed E-state index contributed by atoms with van der Waals surface area (Å²) in [5, 5.41) is 8.06. The number of hydrogen-bond donors (Lipinski definition) is 4. The van der Waals surface area contributed by atoms with E-state index in [0.717, 1.165) is 27.5 Å². The Morgan fingerprint density at radius 1 is 0.800 bits per heavy atom. The van der Waals surface area contributed by atoms with Crippen molar-refractivity contribution in [3.63, 3.8) is 0 Å². The van der Waals surface area contributed by atoms with E-state index in [1.807, 2.05) is 61.5 Å². The van der Waals surface area contributed by atoms with E-state index in [1.165, 1.54) is 24.3 Å². The maximum Gasteiger partial charge on any atom is 0.254 e. The molecule has 0 bridgehead atoms. The van der Waals surface area contributed by atoms with E-state index in [9.17, 15) is 18.8 Å². The first-order chi connectivity index (χ1) is 24.2. The molecule has 50 heavy (non-hydrogen) atoms. The van der Waals surface area contributed by atoms with Crippen molar-refractivity contribution in [1.29, 1.82) is 0 Å². The number of guanidine groups is 1. The lowest BCUT2D eigenvalue weighted by Crippen LogP contribution is -2.47. The third-order valence-corrected chi connectivity index (χ3v) is 8.31. The monoisotopic (exact) mass is 673 g/mol. The van der Waals surface area contributed by atoms with Crippen molar-refractivity contribution < 1.29 is 18.8 Å². The van der Waals surface area contributed by atoms with Crippen LogP contribution in [0.1, 0.15) is 63.2 Å². The normalized spacial score (nSPS) is 12.0. The first kappa shape index (κ1) is 35.2. The Bertz CT molecular complexity index is 1940. The maximum atomic E-state index is 13.6. The van der Waals surface area contributed by atoms with Crippen LogP contribution in [0.25, 0.3) is 10.8 Å². The molecule has 4 aromatic carbocycles. The minimum Gasteiger partial charge on any atom is -0.370 e. The second-order valence-electron chi connectivity index (χ2n) is 12.0. The molecule has 10 nitrogen and oxygen atoms in total. The first-order valence-electron chi connectivity index (χ1n) is 16.3. The molecule has 0 aliphatic carbocycles. The SMILES string of the molecule is C[C@H](NC(=O)[C@H](CCCN=C(N)N)NC(=O)c1ccc(CN(Cc2ccncc2)C(=O)c2ccc(F)cc2)cc1)c1cccc2ccccc12. The topological polar surface area (TPSA) is 156 Å². The molecule has 0 aliphatic rings. The third kappa shape index (κ3) is 9.50. The number of nitrogens with one attached hydrogen (secondary N) is 2. The van der Waals surface area contributed by atoms with Gasteiger partial charge in [-0.1, -0.05) is 54.6 Å². The zero-order chi connectivity index (χ0) is 35.5. The largest absolute Gasteiger partial charge is 0.370 e. The van der Waals surface area contributed by atoms with Gasteiger partial charge in [-0.15, -0.1) is 0 Å². The Kier molecular flexibility index (Phi) is 11.9. The highest BCUT2D eigenvalue weighted by atomic mass is 19.1. The molecule has 0 spiro atoms. The van der Waals surface area contributed by atoms with Gasteiger partial charge in [-0.05, 0) is 95.8 Å². The molecule has 5 aromatic rings. The van der Waals surface area contributed by atoms with Crippen LogP contribution in [-0.4, -0.2) is 46.2 Å². The number of amides is 3. The van der Waals surface area contributed by atoms with Gasteiger partial charge < -0.3 is 27.0 Å². The van der Waals surface area contributed by atoms with Crippen LogP contribution in [-0.2, 0) is 17.9 Å². The Hall–Kier alpha value is -6.10. The molecule has 3 amide bonds. The Labute approximate surface area is 290 Å². The molecule has 6 N–H and O–H groups in total. The fourth-order valence-corrected chi connectivity index (χ4v) is 5.70. The quantitative estimate of drug-likeness (QED) is 0.0718. The van der Waals surface area contributed by atoms with Gasteiger partial charge in [0.2, 0.25) is 5.91 Å². The molecule has 0 aliphatic heterocycles. The van der Waals surface area contributed by atoms with Gasteiger partial charge in [0.25, 0.3) is 11.8 Å². The molecule has 1 heterocycles. The fourth-order valence-electron chi connectivity index (χ4n) is 5.70. The van der Waals surface area contributed by atoms with Gasteiger partial charge in [0.05, 0.1) is 6.04 Å². The highest BCUT2D eigenvalue weighted by Gasteiger charge is 2.24. The number of carbonyl (C=O) groups excluding carboxylic acids is 3. The van der Waals surface area contributed by atoms with E-state index in [4.69, 9.17) is 11.5 Å². The van der Waals surface area contributed by atoms with Crippen LogP contribution in [0.4, 0.5) is 4.39 Å². The molecule has 0 fully saturated rings. The molecule has 0 unspecified atom stereocenters. The maximum absolute atomic E-state index is 13.6. The van der Waals surface area contributed by atoms with Gasteiger partial charge >= 0.3 is 0 Å². The summed E-state index contributed by atoms with van der Waals surface area (Å²) in [5.41, 5.74) is 14.3. The summed E-state index contributed by atoms with van der Waals surface area (Å²) >= 11 is 0. The van der Waals surface area contributed by atoms with Gasteiger partial charge in [0, 0.05) is 43.2 Å². The van der Waals surface area contributed by atoms with Crippen molar-refractivity contribution in [2.75, 3.05) is 6.54 Å². The van der Waals surface area contributed by atoms with Crippen molar-refractivity contribution >= 4 is 34.5 Å². The van der Waals surface area contributed by atoms with Gasteiger partial charge in [-0.25, -0.2) is 4.39 Å². The van der Waals surface area contributed by atoms with Crippen LogP contribution in [0.15, 0.2) is 121 Å². The molecule has 0 saturated heterocycles. The van der Waals surface area contributed by atoms with Crippen LogP contribution in [0.2, 0.25) is 0 Å². The van der Waals surface area contributed by atoms with E-state index in [-0.39, 0.29) is 30.4 Å². The first-order valence-corrected chi connectivity index (χ1v) is 16.3. The Balaban J connectivity index is 1.29. The number of fused-ring (bicyclic) bond motifs is 1. The molecular formula is C39H40FN7O3. The molecule has 5 rings (SSSR count). The Morgan fingerprint density at radius 3 is 2.14 bits per heavy atom. The van der Waals surface area contributed by atoms with Crippen LogP contribution in [0, 0.1) is 5.82 Å². The van der Waals surface area contributed by atoms with E-state index >= 15 is 0 Å². The zero-order valence-corrected chi connectivity index (χ0v) is 27.8. The fraction of sp³-hybridized carbons (Fsp3) is 0.205. The minimum atomic E-state index is -0.849. The van der Waals surface area contributed by atoms with Crippen LogP contribution in [0.3, 0.4) is 0 Å². The van der Waals surface area contributed by atoms with E-state index in [2.05, 4.69) is 20.6 Å². The van der Waals surface area contributed by atoms with Crippen molar-refractivity contribution in [3.8, 4) is 0 Å². The van der Waals surface area contributed by atoms with Crippen molar-refractivity contribution in [2.24, 2.45) is 16.5 Å². The zero-order valence-electron chi connectivity index (χ0n) is 27.8. The predicted molar refractivity (Wildman–Crippen MR) is 192 cm³/mol. The molecule has 11 heteroatoms. The van der Waals surface area contributed by atoms with Crippen LogP contribution in [0.5, 0.6) is 0 Å². The lowest BCUT2D eigenvalue weighted by atomic mass is 9.99. The molecule has 0 saturated carbocycles. The highest BCUT2D eigenvalue weighted by molar-refractivity contribution is 5.98. The predicted octanol–water partition coefficient (Wildman–Crippen LogP) is 5.25. The number of halogens is 1. The van der Waals surface area contributed by atoms with Gasteiger partial charge in [0.1, 0.15) is 11.9 Å². The number of carbonyl (C=O) groups is 3. The second kappa shape index (κ2) is 16.8. The summed E-state index contributed by atoms with van der Waals surface area (Å²) in [6.07, 6.45) is 4.08. The third-order valence-electron chi connectivity index (χ3n) is 8.31.